The SMILES string of the molecule is CC1CC(=O)NCCN1C(=O)c1nc(-c2ccccc2)n2c1COCC2. The Bertz CT molecular complexity index is 831. The van der Waals surface area contributed by atoms with Gasteiger partial charge in [-0.25, -0.2) is 4.98 Å². The van der Waals surface area contributed by atoms with Crippen LogP contribution in [0.25, 0.3) is 11.4 Å². The van der Waals surface area contributed by atoms with Crippen LogP contribution in [0.3, 0.4) is 0 Å². The maximum atomic E-state index is 13.2. The first-order valence-corrected chi connectivity index (χ1v) is 8.95. The Kier molecular flexibility index (Phi) is 4.46. The lowest BCUT2D eigenvalue weighted by Gasteiger charge is -2.26. The molecule has 3 heterocycles. The van der Waals surface area contributed by atoms with Gasteiger partial charge in [-0.1, -0.05) is 30.3 Å². The van der Waals surface area contributed by atoms with Crippen LogP contribution < -0.4 is 5.32 Å². The number of benzene rings is 1. The highest BCUT2D eigenvalue weighted by Gasteiger charge is 2.32. The summed E-state index contributed by atoms with van der Waals surface area (Å²) in [6.45, 7) is 4.51. The third-order valence-corrected chi connectivity index (χ3v) is 4.95. The summed E-state index contributed by atoms with van der Waals surface area (Å²) in [6, 6.07) is 9.72. The second kappa shape index (κ2) is 6.92. The van der Waals surface area contributed by atoms with E-state index in [1.165, 1.54) is 0 Å². The van der Waals surface area contributed by atoms with Crippen molar-refractivity contribution in [3.05, 3.63) is 41.7 Å². The molecule has 1 fully saturated rings. The number of aromatic nitrogens is 2. The van der Waals surface area contributed by atoms with Crippen molar-refractivity contribution < 1.29 is 14.3 Å². The van der Waals surface area contributed by atoms with Crippen LogP contribution in [-0.4, -0.2) is 52.0 Å². The molecule has 26 heavy (non-hydrogen) atoms. The van der Waals surface area contributed by atoms with Crippen molar-refractivity contribution >= 4 is 11.8 Å². The molecule has 1 saturated heterocycles. The number of imidazole rings is 1. The third kappa shape index (κ3) is 2.99. The van der Waals surface area contributed by atoms with E-state index in [1.54, 1.807) is 4.90 Å². The Morgan fingerprint density at radius 3 is 2.88 bits per heavy atom. The molecule has 1 aromatic heterocycles. The van der Waals surface area contributed by atoms with Crippen molar-refractivity contribution in [2.75, 3.05) is 19.7 Å². The smallest absolute Gasteiger partial charge is 0.274 e. The molecule has 136 valence electrons. The Morgan fingerprint density at radius 1 is 1.27 bits per heavy atom. The number of carbonyl (C=O) groups excluding carboxylic acids is 2. The summed E-state index contributed by atoms with van der Waals surface area (Å²) in [7, 11) is 0. The van der Waals surface area contributed by atoms with Crippen molar-refractivity contribution in [3.8, 4) is 11.4 Å². The minimum absolute atomic E-state index is 0.0204. The van der Waals surface area contributed by atoms with Crippen LogP contribution in [-0.2, 0) is 22.7 Å². The molecule has 1 atom stereocenters. The van der Waals surface area contributed by atoms with E-state index in [0.717, 1.165) is 17.1 Å². The molecule has 4 rings (SSSR count). The predicted molar refractivity (Wildman–Crippen MR) is 95.4 cm³/mol. The summed E-state index contributed by atoms with van der Waals surface area (Å²) < 4.78 is 7.68. The van der Waals surface area contributed by atoms with Crippen LogP contribution in [0.2, 0.25) is 0 Å². The first-order chi connectivity index (χ1) is 12.6. The molecule has 0 spiro atoms. The normalized spacial score (nSPS) is 20.3. The third-order valence-electron chi connectivity index (χ3n) is 4.95. The van der Waals surface area contributed by atoms with Gasteiger partial charge in [-0.3, -0.25) is 9.59 Å². The maximum Gasteiger partial charge on any atom is 0.274 e. The van der Waals surface area contributed by atoms with E-state index in [0.29, 0.717) is 45.0 Å². The summed E-state index contributed by atoms with van der Waals surface area (Å²) in [6.07, 6.45) is 0.309. The number of nitrogens with one attached hydrogen (secondary N) is 1. The topological polar surface area (TPSA) is 76.5 Å². The van der Waals surface area contributed by atoms with Crippen LogP contribution in [0.4, 0.5) is 0 Å². The second-order valence-corrected chi connectivity index (χ2v) is 6.70. The average Bonchev–Trinajstić information content (AvgIpc) is 2.96. The van der Waals surface area contributed by atoms with Gasteiger partial charge in [0.2, 0.25) is 5.91 Å². The largest absolute Gasteiger partial charge is 0.373 e. The monoisotopic (exact) mass is 354 g/mol. The van der Waals surface area contributed by atoms with Gasteiger partial charge < -0.3 is 19.5 Å². The zero-order valence-corrected chi connectivity index (χ0v) is 14.8. The molecular weight excluding hydrogens is 332 g/mol. The van der Waals surface area contributed by atoms with Gasteiger partial charge in [-0.2, -0.15) is 0 Å². The number of fused-ring (bicyclic) bond motifs is 1. The van der Waals surface area contributed by atoms with E-state index >= 15 is 0 Å². The molecule has 7 heteroatoms. The fraction of sp³-hybridized carbons (Fsp3) is 0.421. The first-order valence-electron chi connectivity index (χ1n) is 8.95. The minimum Gasteiger partial charge on any atom is -0.373 e. The van der Waals surface area contributed by atoms with Crippen LogP contribution in [0.5, 0.6) is 0 Å². The van der Waals surface area contributed by atoms with Crippen LogP contribution in [0, 0.1) is 0 Å². The van der Waals surface area contributed by atoms with E-state index in [1.807, 2.05) is 37.3 Å². The number of amides is 2. The van der Waals surface area contributed by atoms with E-state index in [9.17, 15) is 9.59 Å². The molecule has 7 nitrogen and oxygen atoms in total. The van der Waals surface area contributed by atoms with Crippen molar-refractivity contribution in [3.63, 3.8) is 0 Å². The maximum absolute atomic E-state index is 13.2. The van der Waals surface area contributed by atoms with Crippen molar-refractivity contribution in [1.29, 1.82) is 0 Å². The lowest BCUT2D eigenvalue weighted by molar-refractivity contribution is -0.121. The average molecular weight is 354 g/mol. The molecule has 2 aromatic rings. The molecular formula is C19H22N4O3. The molecule has 0 aliphatic carbocycles. The summed E-state index contributed by atoms with van der Waals surface area (Å²) in [4.78, 5) is 31.4. The molecule has 1 aromatic carbocycles. The zero-order valence-electron chi connectivity index (χ0n) is 14.8. The van der Waals surface area contributed by atoms with Crippen LogP contribution >= 0.6 is 0 Å². The number of nitrogens with zero attached hydrogens (tertiary/aromatic N) is 3. The summed E-state index contributed by atoms with van der Waals surface area (Å²) in [5, 5.41) is 2.82. The Hall–Kier alpha value is -2.67. The number of ether oxygens (including phenoxy) is 1. The Labute approximate surface area is 152 Å². The fourth-order valence-corrected chi connectivity index (χ4v) is 3.60. The van der Waals surface area contributed by atoms with Gasteiger partial charge in [0.25, 0.3) is 5.91 Å². The Balaban J connectivity index is 1.73. The predicted octanol–water partition coefficient (Wildman–Crippen LogP) is 1.43. The van der Waals surface area contributed by atoms with Gasteiger partial charge in [-0.05, 0) is 6.92 Å². The van der Waals surface area contributed by atoms with Crippen LogP contribution in [0.1, 0.15) is 29.5 Å². The van der Waals surface area contributed by atoms with Gasteiger partial charge in [0, 0.05) is 37.7 Å². The summed E-state index contributed by atoms with van der Waals surface area (Å²) >= 11 is 0. The quantitative estimate of drug-likeness (QED) is 0.885. The molecule has 2 amide bonds. The summed E-state index contributed by atoms with van der Waals surface area (Å²) in [5.41, 5.74) is 2.23. The Morgan fingerprint density at radius 2 is 2.08 bits per heavy atom. The van der Waals surface area contributed by atoms with Crippen LogP contribution in [0.15, 0.2) is 30.3 Å². The standard InChI is InChI=1S/C19H22N4O3/c1-13-11-16(24)20-7-8-22(13)19(25)17-15-12-26-10-9-23(15)18(21-17)14-5-3-2-4-6-14/h2-6,13H,7-12H2,1H3,(H,20,24). The highest BCUT2D eigenvalue weighted by molar-refractivity contribution is 5.95. The molecule has 1 N–H and O–H groups in total. The van der Waals surface area contributed by atoms with Crippen molar-refractivity contribution in [2.45, 2.75) is 32.5 Å². The molecule has 0 radical (unpaired) electrons. The van der Waals surface area contributed by atoms with Gasteiger partial charge in [-0.15, -0.1) is 0 Å². The van der Waals surface area contributed by atoms with E-state index in [4.69, 9.17) is 9.72 Å². The van der Waals surface area contributed by atoms with Crippen molar-refractivity contribution in [2.24, 2.45) is 0 Å². The number of hydrogen-bond acceptors (Lipinski definition) is 4. The highest BCUT2D eigenvalue weighted by atomic mass is 16.5. The summed E-state index contributed by atoms with van der Waals surface area (Å²) in [5.74, 6) is 0.641. The van der Waals surface area contributed by atoms with E-state index in [-0.39, 0.29) is 17.9 Å². The number of hydrogen-bond donors (Lipinski definition) is 1. The number of carbonyl (C=O) groups is 2. The zero-order chi connectivity index (χ0) is 18.1. The van der Waals surface area contributed by atoms with Gasteiger partial charge >= 0.3 is 0 Å². The minimum atomic E-state index is -0.160. The van der Waals surface area contributed by atoms with Gasteiger partial charge in [0.15, 0.2) is 5.69 Å². The lowest BCUT2D eigenvalue weighted by atomic mass is 10.1. The van der Waals surface area contributed by atoms with E-state index < -0.39 is 0 Å². The molecule has 1 unspecified atom stereocenters. The molecule has 2 aliphatic heterocycles. The molecule has 0 bridgehead atoms. The number of rotatable bonds is 2. The molecule has 2 aliphatic rings. The van der Waals surface area contributed by atoms with E-state index in [2.05, 4.69) is 9.88 Å². The fourth-order valence-electron chi connectivity index (χ4n) is 3.60. The van der Waals surface area contributed by atoms with Gasteiger partial charge in [0.05, 0.1) is 18.9 Å². The molecule has 0 saturated carbocycles. The first kappa shape index (κ1) is 16.8. The lowest BCUT2D eigenvalue weighted by Crippen LogP contribution is -2.40. The van der Waals surface area contributed by atoms with Crippen molar-refractivity contribution in [1.82, 2.24) is 19.8 Å². The highest BCUT2D eigenvalue weighted by Crippen LogP contribution is 2.27. The second-order valence-electron chi connectivity index (χ2n) is 6.70. The van der Waals surface area contributed by atoms with Gasteiger partial charge in [0.1, 0.15) is 5.82 Å².